The van der Waals surface area contributed by atoms with Crippen molar-refractivity contribution in [2.24, 2.45) is 5.92 Å². The minimum absolute atomic E-state index is 0. The molecule has 3 aliphatic rings. The van der Waals surface area contributed by atoms with Crippen molar-refractivity contribution in [2.45, 2.75) is 31.7 Å². The Kier molecular flexibility index (Phi) is 9.02. The van der Waals surface area contributed by atoms with Crippen LogP contribution in [0.2, 0.25) is 0 Å². The van der Waals surface area contributed by atoms with Crippen LogP contribution in [0.1, 0.15) is 25.7 Å². The molecule has 0 spiro atoms. The summed E-state index contributed by atoms with van der Waals surface area (Å²) >= 11 is 0. The maximum atomic E-state index is 12.5. The molecule has 130 valence electrons. The number of ether oxygens (including phenoxy) is 1. The van der Waals surface area contributed by atoms with E-state index in [0.717, 1.165) is 71.7 Å². The highest BCUT2D eigenvalue weighted by Gasteiger charge is 2.31. The number of rotatable bonds is 3. The summed E-state index contributed by atoms with van der Waals surface area (Å²) in [5.74, 6) is 0.987. The Morgan fingerprint density at radius 2 is 1.86 bits per heavy atom. The number of halogens is 2. The summed E-state index contributed by atoms with van der Waals surface area (Å²) in [6, 6.07) is 0.0946. The van der Waals surface area contributed by atoms with Crippen molar-refractivity contribution in [1.29, 1.82) is 0 Å². The van der Waals surface area contributed by atoms with E-state index in [4.69, 9.17) is 4.74 Å². The van der Waals surface area contributed by atoms with Crippen molar-refractivity contribution in [2.75, 3.05) is 52.5 Å². The van der Waals surface area contributed by atoms with Gasteiger partial charge in [-0.05, 0) is 38.1 Å². The second-order valence-corrected chi connectivity index (χ2v) is 6.35. The zero-order chi connectivity index (χ0) is 13.8. The largest absolute Gasteiger partial charge is 0.379 e. The Morgan fingerprint density at radius 3 is 2.55 bits per heavy atom. The van der Waals surface area contributed by atoms with Crippen LogP contribution in [-0.2, 0) is 9.53 Å². The number of carbonyl (C=O) groups is 1. The predicted molar refractivity (Wildman–Crippen MR) is 92.1 cm³/mol. The SMILES string of the molecule is Cl.Cl.O=C(C1CCCN1)N1CCCC(CN2CCOCC2)C1. The Bertz CT molecular complexity index is 335. The van der Waals surface area contributed by atoms with Gasteiger partial charge >= 0.3 is 0 Å². The summed E-state index contributed by atoms with van der Waals surface area (Å²) in [6.45, 7) is 7.86. The number of nitrogens with zero attached hydrogens (tertiary/aromatic N) is 2. The summed E-state index contributed by atoms with van der Waals surface area (Å²) < 4.78 is 5.40. The molecule has 7 heteroatoms. The lowest BCUT2D eigenvalue weighted by atomic mass is 9.96. The lowest BCUT2D eigenvalue weighted by Gasteiger charge is -2.37. The zero-order valence-corrected chi connectivity index (χ0v) is 14.8. The van der Waals surface area contributed by atoms with Crippen LogP contribution in [0.4, 0.5) is 0 Å². The molecule has 0 aromatic carbocycles. The van der Waals surface area contributed by atoms with Gasteiger partial charge < -0.3 is 15.0 Å². The van der Waals surface area contributed by atoms with Crippen molar-refractivity contribution in [1.82, 2.24) is 15.1 Å². The first-order valence-corrected chi connectivity index (χ1v) is 8.15. The van der Waals surface area contributed by atoms with Gasteiger partial charge in [-0.15, -0.1) is 24.8 Å². The summed E-state index contributed by atoms with van der Waals surface area (Å²) in [4.78, 5) is 17.1. The topological polar surface area (TPSA) is 44.8 Å². The Morgan fingerprint density at radius 1 is 1.09 bits per heavy atom. The number of hydrogen-bond acceptors (Lipinski definition) is 4. The monoisotopic (exact) mass is 353 g/mol. The molecule has 3 rings (SSSR count). The van der Waals surface area contributed by atoms with E-state index in [-0.39, 0.29) is 30.9 Å². The first-order chi connectivity index (χ1) is 9.83. The molecule has 3 saturated heterocycles. The molecule has 2 atom stereocenters. The Balaban J connectivity index is 0.00000121. The van der Waals surface area contributed by atoms with Crippen LogP contribution in [-0.4, -0.2) is 74.2 Å². The van der Waals surface area contributed by atoms with Gasteiger partial charge in [0.25, 0.3) is 0 Å². The highest BCUT2D eigenvalue weighted by Crippen LogP contribution is 2.20. The van der Waals surface area contributed by atoms with Crippen LogP contribution in [0.25, 0.3) is 0 Å². The predicted octanol–water partition coefficient (Wildman–Crippen LogP) is 1.15. The molecule has 2 unspecified atom stereocenters. The number of nitrogens with one attached hydrogen (secondary N) is 1. The molecule has 1 N–H and O–H groups in total. The van der Waals surface area contributed by atoms with Crippen LogP contribution in [0.15, 0.2) is 0 Å². The van der Waals surface area contributed by atoms with E-state index >= 15 is 0 Å². The van der Waals surface area contributed by atoms with Gasteiger partial charge in [0.05, 0.1) is 19.3 Å². The van der Waals surface area contributed by atoms with E-state index in [1.807, 2.05) is 0 Å². The van der Waals surface area contributed by atoms with Gasteiger partial charge in [-0.25, -0.2) is 0 Å². The molecule has 1 amide bonds. The van der Waals surface area contributed by atoms with Crippen LogP contribution in [0.3, 0.4) is 0 Å². The maximum Gasteiger partial charge on any atom is 0.239 e. The summed E-state index contributed by atoms with van der Waals surface area (Å²) in [6.07, 6.45) is 4.58. The van der Waals surface area contributed by atoms with Gasteiger partial charge in [0.2, 0.25) is 5.91 Å². The van der Waals surface area contributed by atoms with Gasteiger partial charge in [0.15, 0.2) is 0 Å². The van der Waals surface area contributed by atoms with Crippen LogP contribution >= 0.6 is 24.8 Å². The summed E-state index contributed by atoms with van der Waals surface area (Å²) in [5.41, 5.74) is 0. The van der Waals surface area contributed by atoms with Crippen LogP contribution < -0.4 is 5.32 Å². The number of amides is 1. The van der Waals surface area contributed by atoms with E-state index in [2.05, 4.69) is 15.1 Å². The van der Waals surface area contributed by atoms with E-state index in [1.165, 1.54) is 6.42 Å². The highest BCUT2D eigenvalue weighted by molar-refractivity contribution is 5.85. The van der Waals surface area contributed by atoms with E-state index in [9.17, 15) is 4.79 Å². The fourth-order valence-corrected chi connectivity index (χ4v) is 3.68. The average Bonchev–Trinajstić information content (AvgIpc) is 3.02. The smallest absolute Gasteiger partial charge is 0.239 e. The van der Waals surface area contributed by atoms with Crippen molar-refractivity contribution in [3.63, 3.8) is 0 Å². The highest BCUT2D eigenvalue weighted by atomic mass is 35.5. The first-order valence-electron chi connectivity index (χ1n) is 8.15. The zero-order valence-electron chi connectivity index (χ0n) is 13.2. The molecule has 5 nitrogen and oxygen atoms in total. The van der Waals surface area contributed by atoms with Crippen molar-refractivity contribution in [3.05, 3.63) is 0 Å². The molecule has 3 aliphatic heterocycles. The van der Waals surface area contributed by atoms with Gasteiger partial charge in [-0.2, -0.15) is 0 Å². The number of hydrogen-bond donors (Lipinski definition) is 1. The first kappa shape index (κ1) is 20.0. The van der Waals surface area contributed by atoms with Gasteiger partial charge in [-0.1, -0.05) is 0 Å². The Hall–Kier alpha value is -0.0700. The molecule has 22 heavy (non-hydrogen) atoms. The number of piperidine rings is 1. The van der Waals surface area contributed by atoms with Crippen LogP contribution in [0, 0.1) is 5.92 Å². The molecule has 0 bridgehead atoms. The van der Waals surface area contributed by atoms with Crippen molar-refractivity contribution in [3.8, 4) is 0 Å². The van der Waals surface area contributed by atoms with E-state index in [0.29, 0.717) is 11.8 Å². The minimum Gasteiger partial charge on any atom is -0.379 e. The van der Waals surface area contributed by atoms with Gasteiger partial charge in [0.1, 0.15) is 0 Å². The summed E-state index contributed by atoms with van der Waals surface area (Å²) in [7, 11) is 0. The average molecular weight is 354 g/mol. The minimum atomic E-state index is 0. The molecule has 3 heterocycles. The quantitative estimate of drug-likeness (QED) is 0.826. The van der Waals surface area contributed by atoms with Crippen molar-refractivity contribution >= 4 is 30.7 Å². The molecule has 3 fully saturated rings. The fourth-order valence-electron chi connectivity index (χ4n) is 3.68. The molecular weight excluding hydrogens is 325 g/mol. The number of likely N-dealkylation sites (tertiary alicyclic amines) is 1. The van der Waals surface area contributed by atoms with E-state index in [1.54, 1.807) is 0 Å². The standard InChI is InChI=1S/C15H27N3O2.2ClH/c19-15(14-4-1-5-16-14)18-6-2-3-13(12-18)11-17-7-9-20-10-8-17;;/h13-14,16H,1-12H2;2*1H. The van der Waals surface area contributed by atoms with Crippen molar-refractivity contribution < 1.29 is 9.53 Å². The van der Waals surface area contributed by atoms with Gasteiger partial charge in [0, 0.05) is 32.7 Å². The molecule has 0 aromatic heterocycles. The third kappa shape index (κ3) is 5.24. The fraction of sp³-hybridized carbons (Fsp3) is 0.933. The lowest BCUT2D eigenvalue weighted by molar-refractivity contribution is -0.135. The normalized spacial score (nSPS) is 29.5. The molecule has 0 aliphatic carbocycles. The van der Waals surface area contributed by atoms with E-state index < -0.39 is 0 Å². The summed E-state index contributed by atoms with van der Waals surface area (Å²) in [5, 5.41) is 3.33. The third-order valence-electron chi connectivity index (χ3n) is 4.81. The number of carbonyl (C=O) groups excluding carboxylic acids is 1. The maximum absolute atomic E-state index is 12.5. The van der Waals surface area contributed by atoms with Gasteiger partial charge in [-0.3, -0.25) is 9.69 Å². The second kappa shape index (κ2) is 9.93. The van der Waals surface area contributed by atoms with Crippen LogP contribution in [0.5, 0.6) is 0 Å². The lowest BCUT2D eigenvalue weighted by Crippen LogP contribution is -2.50. The molecule has 0 aromatic rings. The number of morpholine rings is 1. The Labute approximate surface area is 145 Å². The molecule has 0 saturated carbocycles. The second-order valence-electron chi connectivity index (χ2n) is 6.35. The third-order valence-corrected chi connectivity index (χ3v) is 4.81. The molecular formula is C15H29Cl2N3O2. The molecule has 0 radical (unpaired) electrons.